The number of benzene rings is 3. The molecular formula is C25H26N2O5S. The molecule has 1 fully saturated rings. The lowest BCUT2D eigenvalue weighted by Gasteiger charge is -2.26. The zero-order valence-corrected chi connectivity index (χ0v) is 19.2. The summed E-state index contributed by atoms with van der Waals surface area (Å²) < 4.78 is 38.9. The number of carbonyl (C=O) groups excluding carboxylic acids is 1. The molecule has 33 heavy (non-hydrogen) atoms. The minimum absolute atomic E-state index is 0.00570. The number of amides is 1. The first-order valence-corrected chi connectivity index (χ1v) is 12.2. The van der Waals surface area contributed by atoms with Crippen molar-refractivity contribution in [2.45, 2.75) is 24.2 Å². The molecule has 8 heteroatoms. The Balaban J connectivity index is 1.51. The number of nitrogens with zero attached hydrogens (tertiary/aromatic N) is 1. The lowest BCUT2D eigenvalue weighted by atomic mass is 10.2. The Morgan fingerprint density at radius 1 is 0.879 bits per heavy atom. The van der Waals surface area contributed by atoms with E-state index in [-0.39, 0.29) is 16.2 Å². The highest BCUT2D eigenvalue weighted by atomic mass is 32.2. The predicted octanol–water partition coefficient (Wildman–Crippen LogP) is 4.91. The van der Waals surface area contributed by atoms with Gasteiger partial charge in [0.1, 0.15) is 22.1 Å². The molecule has 1 amide bonds. The Hall–Kier alpha value is -3.36. The van der Waals surface area contributed by atoms with E-state index in [4.69, 9.17) is 9.47 Å². The summed E-state index contributed by atoms with van der Waals surface area (Å²) in [6.45, 7) is 0.943. The molecule has 0 aliphatic carbocycles. The fourth-order valence-electron chi connectivity index (χ4n) is 3.70. The van der Waals surface area contributed by atoms with Gasteiger partial charge in [0, 0.05) is 24.3 Å². The number of methoxy groups -OCH3 is 1. The van der Waals surface area contributed by atoms with E-state index < -0.39 is 15.9 Å². The normalized spacial score (nSPS) is 14.5. The molecule has 1 aliphatic rings. The van der Waals surface area contributed by atoms with E-state index in [1.165, 1.54) is 23.5 Å². The van der Waals surface area contributed by atoms with Gasteiger partial charge in [-0.05, 0) is 67.4 Å². The van der Waals surface area contributed by atoms with Gasteiger partial charge in [0.2, 0.25) is 10.0 Å². The number of anilines is 1. The summed E-state index contributed by atoms with van der Waals surface area (Å²) in [5.74, 6) is 1.16. The summed E-state index contributed by atoms with van der Waals surface area (Å²) in [4.78, 5) is 12.9. The molecule has 0 atom stereocenters. The van der Waals surface area contributed by atoms with Crippen molar-refractivity contribution in [3.8, 4) is 17.2 Å². The molecule has 0 bridgehead atoms. The van der Waals surface area contributed by atoms with Crippen molar-refractivity contribution >= 4 is 21.6 Å². The molecule has 1 heterocycles. The smallest absolute Gasteiger partial charge is 0.255 e. The second-order valence-electron chi connectivity index (χ2n) is 7.72. The van der Waals surface area contributed by atoms with E-state index in [1.54, 1.807) is 30.3 Å². The zero-order chi connectivity index (χ0) is 23.3. The largest absolute Gasteiger partial charge is 0.495 e. The van der Waals surface area contributed by atoms with E-state index in [2.05, 4.69) is 5.32 Å². The Bertz CT molecular complexity index is 1210. The molecule has 0 radical (unpaired) electrons. The first kappa shape index (κ1) is 22.8. The van der Waals surface area contributed by atoms with Gasteiger partial charge in [0.05, 0.1) is 7.11 Å². The van der Waals surface area contributed by atoms with Crippen LogP contribution in [0.25, 0.3) is 0 Å². The van der Waals surface area contributed by atoms with Crippen LogP contribution in [0.3, 0.4) is 0 Å². The molecule has 7 nitrogen and oxygen atoms in total. The summed E-state index contributed by atoms with van der Waals surface area (Å²) in [6.07, 6.45) is 2.66. The molecule has 1 aliphatic heterocycles. The first-order valence-electron chi connectivity index (χ1n) is 10.8. The molecule has 4 rings (SSSR count). The van der Waals surface area contributed by atoms with Gasteiger partial charge in [0.15, 0.2) is 0 Å². The third-order valence-corrected chi connectivity index (χ3v) is 7.37. The van der Waals surface area contributed by atoms with E-state index in [0.717, 1.165) is 25.0 Å². The summed E-state index contributed by atoms with van der Waals surface area (Å²) >= 11 is 0. The highest BCUT2D eigenvalue weighted by molar-refractivity contribution is 7.89. The van der Waals surface area contributed by atoms with Crippen molar-refractivity contribution < 1.29 is 22.7 Å². The lowest BCUT2D eigenvalue weighted by molar-refractivity contribution is 0.102. The minimum Gasteiger partial charge on any atom is -0.495 e. The summed E-state index contributed by atoms with van der Waals surface area (Å²) in [5, 5.41) is 2.80. The van der Waals surface area contributed by atoms with Gasteiger partial charge in [-0.1, -0.05) is 24.6 Å². The van der Waals surface area contributed by atoms with Crippen LogP contribution in [0.2, 0.25) is 0 Å². The molecule has 172 valence electrons. The number of sulfonamides is 1. The Morgan fingerprint density at radius 2 is 1.55 bits per heavy atom. The summed E-state index contributed by atoms with van der Waals surface area (Å²) in [7, 11) is -2.34. The average molecular weight is 467 g/mol. The number of rotatable bonds is 7. The maximum absolute atomic E-state index is 13.2. The SMILES string of the molecule is COc1ccc(C(=O)Nc2ccc(Oc3ccccc3)cc2)cc1S(=O)(=O)N1CCCCC1. The fraction of sp³-hybridized carbons (Fsp3) is 0.240. The van der Waals surface area contributed by atoms with Gasteiger partial charge in [-0.2, -0.15) is 4.31 Å². The van der Waals surface area contributed by atoms with Crippen LogP contribution < -0.4 is 14.8 Å². The van der Waals surface area contributed by atoms with Crippen LogP contribution in [-0.2, 0) is 10.0 Å². The average Bonchev–Trinajstić information content (AvgIpc) is 2.86. The number of carbonyl (C=O) groups is 1. The quantitative estimate of drug-likeness (QED) is 0.535. The predicted molar refractivity (Wildman–Crippen MR) is 127 cm³/mol. The van der Waals surface area contributed by atoms with Crippen LogP contribution in [0.1, 0.15) is 29.6 Å². The highest BCUT2D eigenvalue weighted by Gasteiger charge is 2.29. The second-order valence-corrected chi connectivity index (χ2v) is 9.63. The Labute approximate surface area is 194 Å². The monoisotopic (exact) mass is 466 g/mol. The van der Waals surface area contributed by atoms with Crippen molar-refractivity contribution in [3.63, 3.8) is 0 Å². The fourth-order valence-corrected chi connectivity index (χ4v) is 5.40. The maximum Gasteiger partial charge on any atom is 0.255 e. The molecule has 3 aromatic rings. The van der Waals surface area contributed by atoms with Crippen molar-refractivity contribution in [3.05, 3.63) is 78.4 Å². The lowest BCUT2D eigenvalue weighted by Crippen LogP contribution is -2.35. The zero-order valence-electron chi connectivity index (χ0n) is 18.4. The van der Waals surface area contributed by atoms with Crippen LogP contribution in [0, 0.1) is 0 Å². The number of para-hydroxylation sites is 1. The van der Waals surface area contributed by atoms with Crippen LogP contribution in [0.15, 0.2) is 77.7 Å². The molecule has 1 N–H and O–H groups in total. The summed E-state index contributed by atoms with van der Waals surface area (Å²) in [5.41, 5.74) is 0.799. The number of ether oxygens (including phenoxy) is 2. The van der Waals surface area contributed by atoms with Gasteiger partial charge >= 0.3 is 0 Å². The van der Waals surface area contributed by atoms with E-state index in [9.17, 15) is 13.2 Å². The molecule has 0 saturated carbocycles. The molecule has 1 saturated heterocycles. The van der Waals surface area contributed by atoms with Crippen LogP contribution in [-0.4, -0.2) is 38.8 Å². The number of hydrogen-bond acceptors (Lipinski definition) is 5. The molecule has 0 spiro atoms. The van der Waals surface area contributed by atoms with E-state index in [1.807, 2.05) is 30.3 Å². The molecule has 0 unspecified atom stereocenters. The topological polar surface area (TPSA) is 84.9 Å². The van der Waals surface area contributed by atoms with Gasteiger partial charge < -0.3 is 14.8 Å². The second kappa shape index (κ2) is 10.1. The van der Waals surface area contributed by atoms with Gasteiger partial charge in [-0.25, -0.2) is 8.42 Å². The first-order chi connectivity index (χ1) is 16.0. The van der Waals surface area contributed by atoms with Crippen molar-refractivity contribution in [2.24, 2.45) is 0 Å². The van der Waals surface area contributed by atoms with Gasteiger partial charge in [-0.3, -0.25) is 4.79 Å². The van der Waals surface area contributed by atoms with Crippen LogP contribution >= 0.6 is 0 Å². The third-order valence-electron chi connectivity index (χ3n) is 5.45. The van der Waals surface area contributed by atoms with E-state index in [0.29, 0.717) is 24.5 Å². The molecule has 3 aromatic carbocycles. The van der Waals surface area contributed by atoms with Crippen LogP contribution in [0.4, 0.5) is 5.69 Å². The Kier molecular flexibility index (Phi) is 6.96. The van der Waals surface area contributed by atoms with Crippen molar-refractivity contribution in [1.29, 1.82) is 0 Å². The van der Waals surface area contributed by atoms with Crippen molar-refractivity contribution in [1.82, 2.24) is 4.31 Å². The van der Waals surface area contributed by atoms with E-state index >= 15 is 0 Å². The third kappa shape index (κ3) is 5.35. The Morgan fingerprint density at radius 3 is 2.21 bits per heavy atom. The molecular weight excluding hydrogens is 440 g/mol. The van der Waals surface area contributed by atoms with Gasteiger partial charge in [0.25, 0.3) is 5.91 Å². The number of nitrogens with one attached hydrogen (secondary N) is 1. The highest BCUT2D eigenvalue weighted by Crippen LogP contribution is 2.30. The maximum atomic E-state index is 13.2. The van der Waals surface area contributed by atoms with Gasteiger partial charge in [-0.15, -0.1) is 0 Å². The minimum atomic E-state index is -3.76. The number of piperidine rings is 1. The number of hydrogen-bond donors (Lipinski definition) is 1. The van der Waals surface area contributed by atoms with Crippen LogP contribution in [0.5, 0.6) is 17.2 Å². The standard InChI is InChI=1S/C25H26N2O5S/c1-31-23-15-10-19(18-24(23)33(29,30)27-16-6-3-7-17-27)25(28)26-20-11-13-22(14-12-20)32-21-8-4-2-5-9-21/h2,4-5,8-15,18H,3,6-7,16-17H2,1H3,(H,26,28). The molecule has 0 aromatic heterocycles. The van der Waals surface area contributed by atoms with Crippen molar-refractivity contribution in [2.75, 3.05) is 25.5 Å². The summed E-state index contributed by atoms with van der Waals surface area (Å²) in [6, 6.07) is 20.8.